The van der Waals surface area contributed by atoms with E-state index in [2.05, 4.69) is 27.5 Å². The lowest BCUT2D eigenvalue weighted by Gasteiger charge is -2.18. The first-order valence-electron chi connectivity index (χ1n) is 8.26. The third-order valence-electron chi connectivity index (χ3n) is 3.77. The second kappa shape index (κ2) is 9.48. The Kier molecular flexibility index (Phi) is 7.33. The molecule has 0 aliphatic heterocycles. The van der Waals surface area contributed by atoms with Crippen LogP contribution in [0.5, 0.6) is 0 Å². The molecule has 1 aromatic heterocycles. The van der Waals surface area contributed by atoms with E-state index >= 15 is 0 Å². The molecule has 136 valence electrons. The van der Waals surface area contributed by atoms with Gasteiger partial charge in [0.05, 0.1) is 18.3 Å². The highest BCUT2D eigenvalue weighted by Gasteiger charge is 2.11. The van der Waals surface area contributed by atoms with Crippen LogP contribution in [0.15, 0.2) is 29.3 Å². The van der Waals surface area contributed by atoms with E-state index in [1.807, 2.05) is 13.8 Å². The standard InChI is InChI=1S/C18H25FN4OS/c1-5-20-18(22-11-17-23-12(2)13(3)25-17)21-10-16(24-4)14-6-8-15(19)9-7-14/h6-9,16H,5,10-11H2,1-4H3,(H2,20,21,22). The molecule has 25 heavy (non-hydrogen) atoms. The zero-order valence-corrected chi connectivity index (χ0v) is 15.9. The first-order chi connectivity index (χ1) is 12.0. The molecule has 7 heteroatoms. The average Bonchev–Trinajstić information content (AvgIpc) is 2.92. The van der Waals surface area contributed by atoms with Crippen LogP contribution in [0.2, 0.25) is 0 Å². The van der Waals surface area contributed by atoms with E-state index in [9.17, 15) is 4.39 Å². The molecule has 1 atom stereocenters. The quantitative estimate of drug-likeness (QED) is 0.584. The Labute approximate surface area is 152 Å². The van der Waals surface area contributed by atoms with Crippen molar-refractivity contribution in [2.75, 3.05) is 20.2 Å². The average molecular weight is 364 g/mol. The predicted octanol–water partition coefficient (Wildman–Crippen LogP) is 3.34. The number of hydrogen-bond donors (Lipinski definition) is 2. The minimum Gasteiger partial charge on any atom is -0.375 e. The number of guanidine groups is 1. The fourth-order valence-electron chi connectivity index (χ4n) is 2.30. The van der Waals surface area contributed by atoms with Crippen molar-refractivity contribution in [2.24, 2.45) is 4.99 Å². The van der Waals surface area contributed by atoms with Crippen molar-refractivity contribution in [1.82, 2.24) is 15.6 Å². The molecule has 2 aromatic rings. The summed E-state index contributed by atoms with van der Waals surface area (Å²) < 4.78 is 18.6. The molecule has 2 N–H and O–H groups in total. The number of ether oxygens (including phenoxy) is 1. The van der Waals surface area contributed by atoms with Crippen molar-refractivity contribution in [3.05, 3.63) is 51.2 Å². The molecule has 1 heterocycles. The summed E-state index contributed by atoms with van der Waals surface area (Å²) in [6.07, 6.45) is -0.186. The molecule has 0 radical (unpaired) electrons. The van der Waals surface area contributed by atoms with Gasteiger partial charge in [0, 0.05) is 25.1 Å². The fourth-order valence-corrected chi connectivity index (χ4v) is 3.16. The van der Waals surface area contributed by atoms with E-state index in [0.717, 1.165) is 22.8 Å². The molecular weight excluding hydrogens is 339 g/mol. The summed E-state index contributed by atoms with van der Waals surface area (Å²) in [5.41, 5.74) is 1.97. The first kappa shape index (κ1) is 19.3. The minimum absolute atomic E-state index is 0.186. The number of rotatable bonds is 7. The van der Waals surface area contributed by atoms with E-state index in [4.69, 9.17) is 4.74 Å². The highest BCUT2D eigenvalue weighted by atomic mass is 32.1. The first-order valence-corrected chi connectivity index (χ1v) is 9.08. The maximum absolute atomic E-state index is 13.1. The lowest BCUT2D eigenvalue weighted by molar-refractivity contribution is 0.106. The van der Waals surface area contributed by atoms with Gasteiger partial charge in [0.2, 0.25) is 0 Å². The van der Waals surface area contributed by atoms with Crippen molar-refractivity contribution in [3.8, 4) is 0 Å². The lowest BCUT2D eigenvalue weighted by atomic mass is 10.1. The number of hydrogen-bond acceptors (Lipinski definition) is 4. The second-order valence-electron chi connectivity index (χ2n) is 5.60. The van der Waals surface area contributed by atoms with Crippen LogP contribution in [-0.4, -0.2) is 31.1 Å². The number of aromatic nitrogens is 1. The van der Waals surface area contributed by atoms with E-state index in [1.165, 1.54) is 17.0 Å². The normalized spacial score (nSPS) is 12.9. The largest absolute Gasteiger partial charge is 0.375 e. The number of thiazole rings is 1. The summed E-state index contributed by atoms with van der Waals surface area (Å²) >= 11 is 1.67. The van der Waals surface area contributed by atoms with E-state index < -0.39 is 0 Å². The van der Waals surface area contributed by atoms with Crippen LogP contribution in [0.3, 0.4) is 0 Å². The Bertz CT molecular complexity index is 680. The van der Waals surface area contributed by atoms with Gasteiger partial charge in [-0.15, -0.1) is 11.3 Å². The van der Waals surface area contributed by atoms with Crippen molar-refractivity contribution < 1.29 is 9.13 Å². The number of aryl methyl sites for hydroxylation is 2. The number of nitrogens with one attached hydrogen (secondary N) is 2. The topological polar surface area (TPSA) is 58.5 Å². The van der Waals surface area contributed by atoms with E-state index in [0.29, 0.717) is 19.0 Å². The van der Waals surface area contributed by atoms with Gasteiger partial charge in [-0.25, -0.2) is 14.4 Å². The van der Waals surface area contributed by atoms with E-state index in [1.54, 1.807) is 30.6 Å². The number of nitrogens with zero attached hydrogens (tertiary/aromatic N) is 2. The summed E-state index contributed by atoms with van der Waals surface area (Å²) in [6.45, 7) is 7.91. The Morgan fingerprint density at radius 2 is 2.00 bits per heavy atom. The summed E-state index contributed by atoms with van der Waals surface area (Å²) in [5, 5.41) is 7.48. The van der Waals surface area contributed by atoms with Gasteiger partial charge in [0.15, 0.2) is 5.96 Å². The van der Waals surface area contributed by atoms with Gasteiger partial charge in [0.25, 0.3) is 0 Å². The molecular formula is C18H25FN4OS. The van der Waals surface area contributed by atoms with Crippen molar-refractivity contribution in [3.63, 3.8) is 0 Å². The molecule has 0 saturated heterocycles. The molecule has 0 fully saturated rings. The zero-order chi connectivity index (χ0) is 18.2. The fraction of sp³-hybridized carbons (Fsp3) is 0.444. The summed E-state index contributed by atoms with van der Waals surface area (Å²) in [7, 11) is 1.64. The third-order valence-corrected chi connectivity index (χ3v) is 4.83. The lowest BCUT2D eigenvalue weighted by Crippen LogP contribution is -2.39. The maximum Gasteiger partial charge on any atom is 0.191 e. The van der Waals surface area contributed by atoms with Gasteiger partial charge in [-0.1, -0.05) is 12.1 Å². The molecule has 0 bridgehead atoms. The molecule has 1 unspecified atom stereocenters. The molecule has 5 nitrogen and oxygen atoms in total. The SMILES string of the molecule is CCNC(=NCc1nc(C)c(C)s1)NCC(OC)c1ccc(F)cc1. The highest BCUT2D eigenvalue weighted by Crippen LogP contribution is 2.17. The number of aliphatic imine (C=N–C) groups is 1. The van der Waals surface area contributed by atoms with Crippen LogP contribution in [0.4, 0.5) is 4.39 Å². The summed E-state index contributed by atoms with van der Waals surface area (Å²) in [5.74, 6) is 0.452. The van der Waals surface area contributed by atoms with Crippen molar-refractivity contribution in [2.45, 2.75) is 33.4 Å². The number of benzene rings is 1. The Balaban J connectivity index is 1.99. The van der Waals surface area contributed by atoms with Gasteiger partial charge < -0.3 is 15.4 Å². The van der Waals surface area contributed by atoms with Crippen LogP contribution < -0.4 is 10.6 Å². The van der Waals surface area contributed by atoms with Crippen LogP contribution in [0.1, 0.15) is 34.2 Å². The highest BCUT2D eigenvalue weighted by molar-refractivity contribution is 7.11. The summed E-state index contributed by atoms with van der Waals surface area (Å²) in [4.78, 5) is 10.3. The molecule has 2 rings (SSSR count). The Morgan fingerprint density at radius 1 is 1.28 bits per heavy atom. The monoisotopic (exact) mass is 364 g/mol. The molecule has 1 aromatic carbocycles. The van der Waals surface area contributed by atoms with E-state index in [-0.39, 0.29) is 11.9 Å². The predicted molar refractivity (Wildman–Crippen MR) is 101 cm³/mol. The molecule has 0 spiro atoms. The molecule has 0 aliphatic rings. The Morgan fingerprint density at radius 3 is 2.56 bits per heavy atom. The van der Waals surface area contributed by atoms with Crippen LogP contribution in [-0.2, 0) is 11.3 Å². The maximum atomic E-state index is 13.1. The van der Waals surface area contributed by atoms with Gasteiger partial charge in [-0.3, -0.25) is 0 Å². The Hall–Kier alpha value is -1.99. The minimum atomic E-state index is -0.254. The number of methoxy groups -OCH3 is 1. The van der Waals surface area contributed by atoms with Crippen LogP contribution in [0.25, 0.3) is 0 Å². The second-order valence-corrected chi connectivity index (χ2v) is 6.89. The van der Waals surface area contributed by atoms with Gasteiger partial charge in [-0.05, 0) is 38.5 Å². The van der Waals surface area contributed by atoms with Gasteiger partial charge in [-0.2, -0.15) is 0 Å². The summed E-state index contributed by atoms with van der Waals surface area (Å²) in [6, 6.07) is 6.34. The number of halogens is 1. The van der Waals surface area contributed by atoms with Crippen LogP contribution in [0, 0.1) is 19.7 Å². The third kappa shape index (κ3) is 5.79. The van der Waals surface area contributed by atoms with Gasteiger partial charge in [0.1, 0.15) is 10.8 Å². The van der Waals surface area contributed by atoms with Crippen molar-refractivity contribution >= 4 is 17.3 Å². The smallest absolute Gasteiger partial charge is 0.191 e. The van der Waals surface area contributed by atoms with Crippen molar-refractivity contribution in [1.29, 1.82) is 0 Å². The molecule has 0 aliphatic carbocycles. The molecule has 0 amide bonds. The van der Waals surface area contributed by atoms with Gasteiger partial charge >= 0.3 is 0 Å². The zero-order valence-electron chi connectivity index (χ0n) is 15.1. The van der Waals surface area contributed by atoms with Crippen LogP contribution >= 0.6 is 11.3 Å². The molecule has 0 saturated carbocycles.